The van der Waals surface area contributed by atoms with E-state index in [9.17, 15) is 9.59 Å². The van der Waals surface area contributed by atoms with Crippen LogP contribution in [0.3, 0.4) is 0 Å². The standard InChI is InChI=1S/C24H20N4O3/c29-22(25-13-11-16-14-27-19-8-2-1-6-17(16)19)15-28-20-9-3-4-10-21(20)31-23-18(24(28)30)7-5-12-26-23/h1-10,12,14,27H,11,13,15H2,(H,25,29). The van der Waals surface area contributed by atoms with Gasteiger partial charge in [-0.1, -0.05) is 30.3 Å². The number of hydrogen-bond donors (Lipinski definition) is 2. The number of ether oxygens (including phenoxy) is 1. The highest BCUT2D eigenvalue weighted by atomic mass is 16.5. The first kappa shape index (κ1) is 18.9. The highest BCUT2D eigenvalue weighted by Crippen LogP contribution is 2.37. The fourth-order valence-corrected chi connectivity index (χ4v) is 3.79. The van der Waals surface area contributed by atoms with Crippen molar-refractivity contribution in [2.45, 2.75) is 6.42 Å². The molecule has 0 spiro atoms. The van der Waals surface area contributed by atoms with E-state index in [0.29, 0.717) is 30.0 Å². The van der Waals surface area contributed by atoms with E-state index in [0.717, 1.165) is 16.5 Å². The van der Waals surface area contributed by atoms with Gasteiger partial charge in [0.25, 0.3) is 5.91 Å². The van der Waals surface area contributed by atoms with Crippen LogP contribution in [0.15, 0.2) is 73.1 Å². The van der Waals surface area contributed by atoms with Crippen molar-refractivity contribution >= 4 is 28.4 Å². The van der Waals surface area contributed by atoms with E-state index in [1.54, 1.807) is 36.5 Å². The first-order valence-electron chi connectivity index (χ1n) is 10.1. The molecule has 4 aromatic rings. The Balaban J connectivity index is 1.31. The van der Waals surface area contributed by atoms with Gasteiger partial charge < -0.3 is 15.0 Å². The average molecular weight is 412 g/mol. The molecule has 154 valence electrons. The number of rotatable bonds is 5. The molecule has 0 saturated carbocycles. The van der Waals surface area contributed by atoms with Gasteiger partial charge in [-0.15, -0.1) is 0 Å². The van der Waals surface area contributed by atoms with E-state index in [-0.39, 0.29) is 24.2 Å². The number of aromatic amines is 1. The Hall–Kier alpha value is -4.13. The molecule has 0 saturated heterocycles. The first-order chi connectivity index (χ1) is 15.2. The number of aromatic nitrogens is 2. The van der Waals surface area contributed by atoms with E-state index in [4.69, 9.17) is 4.74 Å². The molecule has 0 fully saturated rings. The second kappa shape index (κ2) is 7.95. The van der Waals surface area contributed by atoms with Crippen LogP contribution in [0.4, 0.5) is 5.69 Å². The van der Waals surface area contributed by atoms with Crippen LogP contribution in [0.1, 0.15) is 15.9 Å². The number of carbonyl (C=O) groups is 2. The molecule has 1 aliphatic heterocycles. The van der Waals surface area contributed by atoms with E-state index in [2.05, 4.69) is 21.4 Å². The molecule has 0 bridgehead atoms. The van der Waals surface area contributed by atoms with Gasteiger partial charge in [0.15, 0.2) is 5.75 Å². The maximum Gasteiger partial charge on any atom is 0.264 e. The molecular formula is C24H20N4O3. The minimum atomic E-state index is -0.320. The Labute approximate surface area is 178 Å². The summed E-state index contributed by atoms with van der Waals surface area (Å²) in [5, 5.41) is 4.07. The smallest absolute Gasteiger partial charge is 0.264 e. The summed E-state index contributed by atoms with van der Waals surface area (Å²) in [6.45, 7) is 0.362. The quantitative estimate of drug-likeness (QED) is 0.524. The van der Waals surface area contributed by atoms with E-state index in [1.807, 2.05) is 30.5 Å². The number of nitrogens with zero attached hydrogens (tertiary/aromatic N) is 2. The van der Waals surface area contributed by atoms with Crippen LogP contribution >= 0.6 is 0 Å². The number of benzene rings is 2. The Morgan fingerprint density at radius 2 is 1.90 bits per heavy atom. The molecule has 7 nitrogen and oxygen atoms in total. The zero-order valence-electron chi connectivity index (χ0n) is 16.7. The third-order valence-corrected chi connectivity index (χ3v) is 5.30. The van der Waals surface area contributed by atoms with Crippen molar-refractivity contribution in [1.82, 2.24) is 15.3 Å². The normalized spacial score (nSPS) is 12.6. The predicted octanol–water partition coefficient (Wildman–Crippen LogP) is 3.67. The lowest BCUT2D eigenvalue weighted by Gasteiger charge is -2.21. The van der Waals surface area contributed by atoms with E-state index in [1.165, 1.54) is 4.90 Å². The fraction of sp³-hybridized carbons (Fsp3) is 0.125. The van der Waals surface area contributed by atoms with Crippen LogP contribution in [0, 0.1) is 0 Å². The number of amides is 2. The summed E-state index contributed by atoms with van der Waals surface area (Å²) in [6, 6.07) is 18.5. The van der Waals surface area contributed by atoms with Gasteiger partial charge in [0.2, 0.25) is 11.8 Å². The molecule has 7 heteroatoms. The number of fused-ring (bicyclic) bond motifs is 3. The number of hydrogen-bond acceptors (Lipinski definition) is 4. The Morgan fingerprint density at radius 3 is 2.84 bits per heavy atom. The lowest BCUT2D eigenvalue weighted by atomic mass is 10.1. The molecule has 31 heavy (non-hydrogen) atoms. The molecule has 5 rings (SSSR count). The first-order valence-corrected chi connectivity index (χ1v) is 10.1. The van der Waals surface area contributed by atoms with Crippen molar-refractivity contribution in [3.63, 3.8) is 0 Å². The van der Waals surface area contributed by atoms with Gasteiger partial charge in [-0.3, -0.25) is 14.5 Å². The van der Waals surface area contributed by atoms with E-state index >= 15 is 0 Å². The molecule has 0 radical (unpaired) electrons. The van der Waals surface area contributed by atoms with Gasteiger partial charge in [-0.05, 0) is 42.3 Å². The molecule has 2 N–H and O–H groups in total. The fourth-order valence-electron chi connectivity index (χ4n) is 3.79. The highest BCUT2D eigenvalue weighted by molar-refractivity contribution is 6.11. The Kier molecular flexibility index (Phi) is 4.84. The van der Waals surface area contributed by atoms with Crippen LogP contribution in [-0.4, -0.2) is 34.9 Å². The van der Waals surface area contributed by atoms with Crippen molar-refractivity contribution in [2.24, 2.45) is 0 Å². The predicted molar refractivity (Wildman–Crippen MR) is 117 cm³/mol. The largest absolute Gasteiger partial charge is 0.436 e. The molecule has 0 unspecified atom stereocenters. The van der Waals surface area contributed by atoms with Gasteiger partial charge in [-0.2, -0.15) is 0 Å². The second-order valence-corrected chi connectivity index (χ2v) is 7.28. The zero-order chi connectivity index (χ0) is 21.2. The van der Waals surface area contributed by atoms with Crippen molar-refractivity contribution < 1.29 is 14.3 Å². The van der Waals surface area contributed by atoms with Crippen LogP contribution < -0.4 is 15.0 Å². The number of nitrogens with one attached hydrogen (secondary N) is 2. The average Bonchev–Trinajstić information content (AvgIpc) is 3.16. The summed E-state index contributed by atoms with van der Waals surface area (Å²) in [5.41, 5.74) is 3.07. The van der Waals surface area contributed by atoms with Crippen LogP contribution in [0.25, 0.3) is 10.9 Å². The Bertz CT molecular complexity index is 1280. The maximum atomic E-state index is 13.2. The molecular weight excluding hydrogens is 392 g/mol. The summed E-state index contributed by atoms with van der Waals surface area (Å²) in [6.07, 6.45) is 4.23. The van der Waals surface area contributed by atoms with Crippen LogP contribution in [-0.2, 0) is 11.2 Å². The topological polar surface area (TPSA) is 87.3 Å². The van der Waals surface area contributed by atoms with Crippen molar-refractivity contribution in [3.8, 4) is 11.6 Å². The minimum absolute atomic E-state index is 0.110. The molecule has 0 atom stereocenters. The summed E-state index contributed by atoms with van der Waals surface area (Å²) >= 11 is 0. The third-order valence-electron chi connectivity index (χ3n) is 5.30. The SMILES string of the molecule is O=C(CN1C(=O)c2cccnc2Oc2ccccc21)NCCc1c[nH]c2ccccc12. The van der Waals surface area contributed by atoms with Gasteiger partial charge >= 0.3 is 0 Å². The van der Waals surface area contributed by atoms with Gasteiger partial charge in [0.1, 0.15) is 12.1 Å². The molecule has 1 aliphatic rings. The molecule has 2 aromatic heterocycles. The molecule has 3 heterocycles. The Morgan fingerprint density at radius 1 is 1.06 bits per heavy atom. The summed E-state index contributed by atoms with van der Waals surface area (Å²) < 4.78 is 5.85. The lowest BCUT2D eigenvalue weighted by molar-refractivity contribution is -0.119. The minimum Gasteiger partial charge on any atom is -0.436 e. The zero-order valence-corrected chi connectivity index (χ0v) is 16.7. The number of H-pyrrole nitrogens is 1. The second-order valence-electron chi connectivity index (χ2n) is 7.28. The summed E-state index contributed by atoms with van der Waals surface area (Å²) in [5.74, 6) is 0.164. The maximum absolute atomic E-state index is 13.2. The number of anilines is 1. The van der Waals surface area contributed by atoms with Crippen molar-refractivity contribution in [2.75, 3.05) is 18.0 Å². The van der Waals surface area contributed by atoms with Crippen molar-refractivity contribution in [3.05, 3.63) is 84.2 Å². The summed E-state index contributed by atoms with van der Waals surface area (Å²) in [4.78, 5) is 34.7. The summed E-state index contributed by atoms with van der Waals surface area (Å²) in [7, 11) is 0. The van der Waals surface area contributed by atoms with Crippen LogP contribution in [0.5, 0.6) is 11.6 Å². The lowest BCUT2D eigenvalue weighted by Crippen LogP contribution is -2.41. The van der Waals surface area contributed by atoms with Crippen LogP contribution in [0.2, 0.25) is 0 Å². The molecule has 2 aromatic carbocycles. The number of para-hydroxylation sites is 3. The molecule has 2 amide bonds. The monoisotopic (exact) mass is 412 g/mol. The van der Waals surface area contributed by atoms with Gasteiger partial charge in [0, 0.05) is 29.8 Å². The third kappa shape index (κ3) is 3.61. The van der Waals surface area contributed by atoms with Crippen molar-refractivity contribution in [1.29, 1.82) is 0 Å². The number of pyridine rings is 1. The number of carbonyl (C=O) groups excluding carboxylic acids is 2. The highest BCUT2D eigenvalue weighted by Gasteiger charge is 2.30. The van der Waals surface area contributed by atoms with E-state index < -0.39 is 0 Å². The van der Waals surface area contributed by atoms with Gasteiger partial charge in [-0.25, -0.2) is 4.98 Å². The molecule has 0 aliphatic carbocycles. The van der Waals surface area contributed by atoms with Gasteiger partial charge in [0.05, 0.1) is 5.69 Å².